The maximum Gasteiger partial charge on any atom is 0.278 e. The Morgan fingerprint density at radius 1 is 1.06 bits per heavy atom. The van der Waals surface area contributed by atoms with Gasteiger partial charge in [-0.15, -0.1) is 11.3 Å². The lowest BCUT2D eigenvalue weighted by Gasteiger charge is -2.18. The minimum absolute atomic E-state index is 0.0878. The van der Waals surface area contributed by atoms with E-state index in [9.17, 15) is 9.59 Å². The van der Waals surface area contributed by atoms with Gasteiger partial charge in [0.1, 0.15) is 0 Å². The Morgan fingerprint density at radius 2 is 1.74 bits per heavy atom. The lowest BCUT2D eigenvalue weighted by atomic mass is 9.86. The van der Waals surface area contributed by atoms with Crippen molar-refractivity contribution in [2.24, 2.45) is 0 Å². The van der Waals surface area contributed by atoms with Crippen molar-refractivity contribution in [2.75, 3.05) is 5.32 Å². The molecule has 0 spiro atoms. The monoisotopic (exact) mass is 432 g/mol. The van der Waals surface area contributed by atoms with Crippen molar-refractivity contribution in [3.63, 3.8) is 0 Å². The maximum absolute atomic E-state index is 13.0. The number of rotatable bonds is 4. The standard InChI is InChI=1S/C24H24N4O2S/c1-5-28-22(30)18-9-7-6-8-17(18)20(27-28)21(29)26-23-25-19(14-31-23)15-10-12-16(13-11-15)24(2,3)4/h6-14H,5H2,1-4H3,(H,25,26,29). The van der Waals surface area contributed by atoms with E-state index in [4.69, 9.17) is 0 Å². The van der Waals surface area contributed by atoms with E-state index in [0.717, 1.165) is 11.3 Å². The quantitative estimate of drug-likeness (QED) is 0.487. The number of fused-ring (bicyclic) bond motifs is 1. The molecule has 1 amide bonds. The van der Waals surface area contributed by atoms with Crippen LogP contribution < -0.4 is 10.9 Å². The zero-order valence-electron chi connectivity index (χ0n) is 18.0. The van der Waals surface area contributed by atoms with Gasteiger partial charge < -0.3 is 0 Å². The highest BCUT2D eigenvalue weighted by Crippen LogP contribution is 2.28. The lowest BCUT2D eigenvalue weighted by molar-refractivity contribution is 0.102. The smallest absolute Gasteiger partial charge is 0.278 e. The third-order valence-corrected chi connectivity index (χ3v) is 5.91. The van der Waals surface area contributed by atoms with Crippen LogP contribution in [0.5, 0.6) is 0 Å². The van der Waals surface area contributed by atoms with Gasteiger partial charge in [-0.2, -0.15) is 5.10 Å². The molecule has 0 fully saturated rings. The second-order valence-electron chi connectivity index (χ2n) is 8.33. The summed E-state index contributed by atoms with van der Waals surface area (Å²) in [6.45, 7) is 8.74. The molecule has 0 saturated carbocycles. The predicted octanol–water partition coefficient (Wildman–Crippen LogP) is 5.09. The predicted molar refractivity (Wildman–Crippen MR) is 126 cm³/mol. The van der Waals surface area contributed by atoms with Crippen molar-refractivity contribution in [1.29, 1.82) is 0 Å². The molecule has 2 heterocycles. The molecule has 2 aromatic heterocycles. The minimum atomic E-state index is -0.387. The molecule has 4 rings (SSSR count). The van der Waals surface area contributed by atoms with Crippen molar-refractivity contribution in [3.8, 4) is 11.3 Å². The Kier molecular flexibility index (Phi) is 5.45. The first kappa shape index (κ1) is 20.9. The third kappa shape index (κ3) is 4.14. The van der Waals surface area contributed by atoms with Gasteiger partial charge in [-0.25, -0.2) is 9.67 Å². The molecule has 2 aromatic carbocycles. The van der Waals surface area contributed by atoms with E-state index in [1.54, 1.807) is 24.3 Å². The number of amides is 1. The van der Waals surface area contributed by atoms with Crippen LogP contribution in [0.25, 0.3) is 22.0 Å². The average molecular weight is 433 g/mol. The summed E-state index contributed by atoms with van der Waals surface area (Å²) in [5, 5.41) is 10.5. The summed E-state index contributed by atoms with van der Waals surface area (Å²) in [5.41, 5.74) is 3.15. The molecule has 7 heteroatoms. The molecule has 0 aliphatic rings. The number of carbonyl (C=O) groups excluding carboxylic acids is 1. The van der Waals surface area contributed by atoms with Crippen molar-refractivity contribution in [3.05, 3.63) is 75.5 Å². The van der Waals surface area contributed by atoms with Gasteiger partial charge in [-0.3, -0.25) is 14.9 Å². The van der Waals surface area contributed by atoms with Gasteiger partial charge in [0.2, 0.25) is 0 Å². The largest absolute Gasteiger partial charge is 0.296 e. The van der Waals surface area contributed by atoms with Crippen LogP contribution in [0.3, 0.4) is 0 Å². The number of thiazole rings is 1. The Labute approximate surface area is 184 Å². The number of benzene rings is 2. The van der Waals surface area contributed by atoms with Crippen molar-refractivity contribution in [1.82, 2.24) is 14.8 Å². The zero-order valence-corrected chi connectivity index (χ0v) is 18.8. The lowest BCUT2D eigenvalue weighted by Crippen LogP contribution is -2.27. The first-order chi connectivity index (χ1) is 14.8. The summed E-state index contributed by atoms with van der Waals surface area (Å²) in [6.07, 6.45) is 0. The second-order valence-corrected chi connectivity index (χ2v) is 9.19. The number of aryl methyl sites for hydroxylation is 1. The molecule has 0 atom stereocenters. The molecule has 158 valence electrons. The van der Waals surface area contributed by atoms with Crippen LogP contribution in [-0.2, 0) is 12.0 Å². The third-order valence-electron chi connectivity index (χ3n) is 5.15. The van der Waals surface area contributed by atoms with Gasteiger partial charge in [0.25, 0.3) is 11.5 Å². The molecule has 6 nitrogen and oxygen atoms in total. The van der Waals surface area contributed by atoms with Gasteiger partial charge in [0.15, 0.2) is 10.8 Å². The molecule has 0 unspecified atom stereocenters. The van der Waals surface area contributed by atoms with Crippen LogP contribution in [0, 0.1) is 0 Å². The average Bonchev–Trinajstić information content (AvgIpc) is 3.22. The first-order valence-electron chi connectivity index (χ1n) is 10.2. The molecule has 0 bridgehead atoms. The highest BCUT2D eigenvalue weighted by atomic mass is 32.1. The van der Waals surface area contributed by atoms with Gasteiger partial charge in [0, 0.05) is 22.9 Å². The van der Waals surface area contributed by atoms with Gasteiger partial charge in [-0.1, -0.05) is 63.2 Å². The van der Waals surface area contributed by atoms with Gasteiger partial charge >= 0.3 is 0 Å². The number of anilines is 1. The molecule has 0 aliphatic carbocycles. The molecule has 0 radical (unpaired) electrons. The summed E-state index contributed by atoms with van der Waals surface area (Å²) in [7, 11) is 0. The molecule has 0 saturated heterocycles. The normalized spacial score (nSPS) is 11.6. The van der Waals surface area contributed by atoms with Gasteiger partial charge in [0.05, 0.1) is 11.1 Å². The summed E-state index contributed by atoms with van der Waals surface area (Å²) in [4.78, 5) is 30.1. The summed E-state index contributed by atoms with van der Waals surface area (Å²) in [6, 6.07) is 15.3. The zero-order chi connectivity index (χ0) is 22.2. The Morgan fingerprint density at radius 3 is 2.39 bits per heavy atom. The number of nitrogens with one attached hydrogen (secondary N) is 1. The number of hydrogen-bond acceptors (Lipinski definition) is 5. The molecular weight excluding hydrogens is 408 g/mol. The topological polar surface area (TPSA) is 76.9 Å². The minimum Gasteiger partial charge on any atom is -0.296 e. The summed E-state index contributed by atoms with van der Waals surface area (Å²) in [5.74, 6) is -0.387. The Bertz CT molecular complexity index is 1310. The Hall–Kier alpha value is -3.32. The number of hydrogen-bond donors (Lipinski definition) is 1. The number of aromatic nitrogens is 3. The van der Waals surface area contributed by atoms with Crippen LogP contribution in [0.15, 0.2) is 58.7 Å². The SMILES string of the molecule is CCn1nc(C(=O)Nc2nc(-c3ccc(C(C)(C)C)cc3)cs2)c2ccccc2c1=O. The molecule has 0 aliphatic heterocycles. The molecular formula is C24H24N4O2S. The van der Waals surface area contributed by atoms with Crippen molar-refractivity contribution >= 4 is 33.1 Å². The van der Waals surface area contributed by atoms with E-state index in [1.807, 2.05) is 24.4 Å². The van der Waals surface area contributed by atoms with Crippen molar-refractivity contribution in [2.45, 2.75) is 39.7 Å². The number of carbonyl (C=O) groups is 1. The van der Waals surface area contributed by atoms with Crippen LogP contribution >= 0.6 is 11.3 Å². The highest BCUT2D eigenvalue weighted by molar-refractivity contribution is 7.14. The van der Waals surface area contributed by atoms with Crippen LogP contribution in [0.1, 0.15) is 43.7 Å². The van der Waals surface area contributed by atoms with E-state index < -0.39 is 0 Å². The van der Waals surface area contributed by atoms with E-state index in [2.05, 4.69) is 48.3 Å². The van der Waals surface area contributed by atoms with Gasteiger partial charge in [-0.05, 0) is 24.0 Å². The van der Waals surface area contributed by atoms with Crippen LogP contribution in [0.4, 0.5) is 5.13 Å². The molecule has 31 heavy (non-hydrogen) atoms. The maximum atomic E-state index is 13.0. The second kappa shape index (κ2) is 8.07. The fourth-order valence-electron chi connectivity index (χ4n) is 3.38. The van der Waals surface area contributed by atoms with Crippen LogP contribution in [0.2, 0.25) is 0 Å². The van der Waals surface area contributed by atoms with E-state index in [1.165, 1.54) is 21.6 Å². The van der Waals surface area contributed by atoms with Crippen molar-refractivity contribution < 1.29 is 4.79 Å². The van der Waals surface area contributed by atoms with E-state index >= 15 is 0 Å². The fraction of sp³-hybridized carbons (Fsp3) is 0.250. The highest BCUT2D eigenvalue weighted by Gasteiger charge is 2.18. The molecule has 1 N–H and O–H groups in total. The van der Waals surface area contributed by atoms with E-state index in [-0.39, 0.29) is 22.6 Å². The molecule has 4 aromatic rings. The van der Waals surface area contributed by atoms with E-state index in [0.29, 0.717) is 22.4 Å². The fourth-order valence-corrected chi connectivity index (χ4v) is 4.09. The van der Waals surface area contributed by atoms with Crippen LogP contribution in [-0.4, -0.2) is 20.7 Å². The number of nitrogens with zero attached hydrogens (tertiary/aromatic N) is 3. The summed E-state index contributed by atoms with van der Waals surface area (Å²) >= 11 is 1.36. The first-order valence-corrected chi connectivity index (χ1v) is 11.0. The Balaban J connectivity index is 1.62. The summed E-state index contributed by atoms with van der Waals surface area (Å²) < 4.78 is 1.31.